The van der Waals surface area contributed by atoms with Gasteiger partial charge in [0.2, 0.25) is 0 Å². The van der Waals surface area contributed by atoms with Gasteiger partial charge in [-0.25, -0.2) is 4.79 Å². The predicted molar refractivity (Wildman–Crippen MR) is 105 cm³/mol. The van der Waals surface area contributed by atoms with Crippen LogP contribution in [-0.2, 0) is 14.3 Å². The number of hydrogen-bond acceptors (Lipinski definition) is 5. The topological polar surface area (TPSA) is 65.1 Å². The van der Waals surface area contributed by atoms with E-state index in [2.05, 4.69) is 0 Å². The number of carbonyl (C=O) groups excluding carboxylic acids is 2. The number of carbonyl (C=O) groups is 2. The Bertz CT molecular complexity index is 663. The molecule has 1 heterocycles. The average molecular weight is 389 g/mol. The van der Waals surface area contributed by atoms with Gasteiger partial charge in [0.25, 0.3) is 0 Å². The van der Waals surface area contributed by atoms with Gasteiger partial charge in [0.05, 0.1) is 6.61 Å². The average Bonchev–Trinajstić information content (AvgIpc) is 2.68. The summed E-state index contributed by atoms with van der Waals surface area (Å²) < 4.78 is 11.6. The minimum Gasteiger partial charge on any atom is -0.442 e. The van der Waals surface area contributed by atoms with E-state index in [0.29, 0.717) is 12.2 Å². The fraction of sp³-hybridized carbons (Fsp3) is 0.636. The molecule has 154 valence electrons. The van der Waals surface area contributed by atoms with Gasteiger partial charge >= 0.3 is 6.09 Å². The van der Waals surface area contributed by atoms with Crippen LogP contribution in [0.1, 0.15) is 69.7 Å². The lowest BCUT2D eigenvalue weighted by atomic mass is 9.87. The molecule has 1 aliphatic carbocycles. The van der Waals surface area contributed by atoms with E-state index in [4.69, 9.17) is 14.3 Å². The van der Waals surface area contributed by atoms with E-state index < -0.39 is 24.0 Å². The Balaban J connectivity index is 1.69. The number of hydroxylamine groups is 2. The normalized spacial score (nSPS) is 24.0. The van der Waals surface area contributed by atoms with Crippen molar-refractivity contribution in [3.8, 4) is 0 Å². The van der Waals surface area contributed by atoms with Crippen molar-refractivity contribution in [2.75, 3.05) is 6.61 Å². The van der Waals surface area contributed by atoms with Crippen molar-refractivity contribution in [2.45, 2.75) is 77.2 Å². The van der Waals surface area contributed by atoms with Crippen LogP contribution in [0.2, 0.25) is 0 Å². The monoisotopic (exact) mass is 389 g/mol. The molecule has 0 unspecified atom stereocenters. The number of benzene rings is 1. The van der Waals surface area contributed by atoms with Crippen molar-refractivity contribution in [2.24, 2.45) is 5.92 Å². The second-order valence-electron chi connectivity index (χ2n) is 8.65. The molecule has 0 bridgehead atoms. The lowest BCUT2D eigenvalue weighted by molar-refractivity contribution is -0.322. The van der Waals surface area contributed by atoms with E-state index in [-0.39, 0.29) is 18.1 Å². The Kier molecular flexibility index (Phi) is 6.73. The summed E-state index contributed by atoms with van der Waals surface area (Å²) in [5.74, 6) is 0.196. The van der Waals surface area contributed by atoms with Crippen LogP contribution >= 0.6 is 0 Å². The summed E-state index contributed by atoms with van der Waals surface area (Å²) in [7, 11) is 0. The van der Waals surface area contributed by atoms with E-state index in [0.717, 1.165) is 25.7 Å². The van der Waals surface area contributed by atoms with Crippen molar-refractivity contribution >= 4 is 11.9 Å². The standard InChI is InChI=1S/C22H31NO5/c1-22(2,3)27-21(25)23-20(17-12-8-5-9-13-17)26-15-18(28-23)14-19(24)16-10-6-4-7-11-16/h4,6-7,10-11,17-18,20H,5,8-9,12-15H2,1-3H3/t18-,20-/m1/s1. The number of amides is 1. The summed E-state index contributed by atoms with van der Waals surface area (Å²) in [4.78, 5) is 31.3. The summed E-state index contributed by atoms with van der Waals surface area (Å²) in [6.45, 7) is 5.75. The molecule has 1 saturated carbocycles. The van der Waals surface area contributed by atoms with Gasteiger partial charge in [0.1, 0.15) is 11.7 Å². The minimum absolute atomic E-state index is 0.0329. The number of ether oxygens (including phenoxy) is 2. The summed E-state index contributed by atoms with van der Waals surface area (Å²) in [6.07, 6.45) is 4.09. The largest absolute Gasteiger partial charge is 0.442 e. The van der Waals surface area contributed by atoms with E-state index in [1.54, 1.807) is 12.1 Å². The van der Waals surface area contributed by atoms with Crippen LogP contribution in [0.15, 0.2) is 30.3 Å². The van der Waals surface area contributed by atoms with E-state index in [1.165, 1.54) is 11.5 Å². The van der Waals surface area contributed by atoms with Crippen LogP contribution in [0.5, 0.6) is 0 Å². The smallest absolute Gasteiger partial charge is 0.437 e. The Morgan fingerprint density at radius 3 is 2.43 bits per heavy atom. The van der Waals surface area contributed by atoms with Gasteiger partial charge in [-0.2, -0.15) is 5.06 Å². The maximum absolute atomic E-state index is 12.8. The van der Waals surface area contributed by atoms with Crippen molar-refractivity contribution in [3.63, 3.8) is 0 Å². The molecule has 2 aliphatic rings. The molecule has 0 aromatic heterocycles. The van der Waals surface area contributed by atoms with Gasteiger partial charge in [-0.1, -0.05) is 49.6 Å². The lowest BCUT2D eigenvalue weighted by Crippen LogP contribution is -2.55. The maximum atomic E-state index is 12.8. The Morgan fingerprint density at radius 1 is 1.11 bits per heavy atom. The molecular weight excluding hydrogens is 358 g/mol. The molecular formula is C22H31NO5. The van der Waals surface area contributed by atoms with Crippen LogP contribution in [0, 0.1) is 5.92 Å². The fourth-order valence-electron chi connectivity index (χ4n) is 3.77. The lowest BCUT2D eigenvalue weighted by Gasteiger charge is -2.42. The molecule has 0 N–H and O–H groups in total. The first-order valence-corrected chi connectivity index (χ1v) is 10.2. The maximum Gasteiger partial charge on any atom is 0.437 e. The Morgan fingerprint density at radius 2 is 1.79 bits per heavy atom. The third-order valence-electron chi connectivity index (χ3n) is 5.08. The van der Waals surface area contributed by atoms with Crippen LogP contribution in [0.4, 0.5) is 4.79 Å². The highest BCUT2D eigenvalue weighted by Crippen LogP contribution is 2.33. The molecule has 1 aromatic carbocycles. The predicted octanol–water partition coefficient (Wildman–Crippen LogP) is 4.73. The second-order valence-corrected chi connectivity index (χ2v) is 8.65. The highest BCUT2D eigenvalue weighted by Gasteiger charge is 2.41. The van der Waals surface area contributed by atoms with Crippen molar-refractivity contribution in [3.05, 3.63) is 35.9 Å². The quantitative estimate of drug-likeness (QED) is 0.696. The molecule has 28 heavy (non-hydrogen) atoms. The zero-order chi connectivity index (χ0) is 20.1. The first-order chi connectivity index (χ1) is 13.3. The molecule has 1 aliphatic heterocycles. The first-order valence-electron chi connectivity index (χ1n) is 10.2. The summed E-state index contributed by atoms with van der Waals surface area (Å²) in [5, 5.41) is 1.24. The van der Waals surface area contributed by atoms with Crippen molar-refractivity contribution < 1.29 is 23.9 Å². The molecule has 1 saturated heterocycles. The molecule has 3 rings (SSSR count). The molecule has 6 nitrogen and oxygen atoms in total. The van der Waals surface area contributed by atoms with Crippen LogP contribution < -0.4 is 0 Å². The minimum atomic E-state index is -0.635. The van der Waals surface area contributed by atoms with Gasteiger partial charge in [0, 0.05) is 17.9 Å². The van der Waals surface area contributed by atoms with Gasteiger partial charge in [0.15, 0.2) is 12.0 Å². The second kappa shape index (κ2) is 9.05. The highest BCUT2D eigenvalue weighted by molar-refractivity contribution is 5.96. The zero-order valence-corrected chi connectivity index (χ0v) is 17.1. The molecule has 0 spiro atoms. The number of ketones is 1. The molecule has 6 heteroatoms. The molecule has 0 radical (unpaired) electrons. The van der Waals surface area contributed by atoms with Gasteiger partial charge < -0.3 is 9.47 Å². The molecule has 1 aromatic rings. The van der Waals surface area contributed by atoms with Crippen LogP contribution in [0.25, 0.3) is 0 Å². The third-order valence-corrected chi connectivity index (χ3v) is 5.08. The summed E-state index contributed by atoms with van der Waals surface area (Å²) in [5.41, 5.74) is -0.00556. The molecule has 2 atom stereocenters. The fourth-order valence-corrected chi connectivity index (χ4v) is 3.77. The van der Waals surface area contributed by atoms with Gasteiger partial charge in [-0.05, 0) is 33.6 Å². The van der Waals surface area contributed by atoms with Crippen LogP contribution in [-0.4, -0.2) is 41.5 Å². The highest BCUT2D eigenvalue weighted by atomic mass is 16.8. The zero-order valence-electron chi connectivity index (χ0n) is 17.1. The van der Waals surface area contributed by atoms with Gasteiger partial charge in [-0.3, -0.25) is 9.63 Å². The number of nitrogens with zero attached hydrogens (tertiary/aromatic N) is 1. The Labute approximate surface area is 167 Å². The van der Waals surface area contributed by atoms with Crippen molar-refractivity contribution in [1.29, 1.82) is 0 Å². The number of Topliss-reactive ketones (excluding diaryl/α,β-unsaturated/α-hetero) is 1. The van der Waals surface area contributed by atoms with Crippen LogP contribution in [0.3, 0.4) is 0 Å². The Hall–Kier alpha value is -1.92. The molecule has 2 fully saturated rings. The number of hydrogen-bond donors (Lipinski definition) is 0. The van der Waals surface area contributed by atoms with E-state index >= 15 is 0 Å². The van der Waals surface area contributed by atoms with E-state index in [9.17, 15) is 9.59 Å². The number of rotatable bonds is 4. The third kappa shape index (κ3) is 5.55. The SMILES string of the molecule is CC(C)(C)OC(=O)N1O[C@H](CC(=O)c2ccccc2)CO[C@@H]1C1CCCCC1. The summed E-state index contributed by atoms with van der Waals surface area (Å²) in [6, 6.07) is 9.09. The first kappa shape index (κ1) is 20.8. The van der Waals surface area contributed by atoms with E-state index in [1.807, 2.05) is 39.0 Å². The van der Waals surface area contributed by atoms with Crippen molar-refractivity contribution in [1.82, 2.24) is 5.06 Å². The van der Waals surface area contributed by atoms with Gasteiger partial charge in [-0.15, -0.1) is 0 Å². The summed E-state index contributed by atoms with van der Waals surface area (Å²) >= 11 is 0. The molecule has 1 amide bonds.